The maximum Gasteiger partial charge on any atom is 0.255 e. The van der Waals surface area contributed by atoms with Gasteiger partial charge in [0.05, 0.1) is 45.2 Å². The normalized spacial score (nSPS) is 16.7. The molecule has 0 radical (unpaired) electrons. The molecule has 5 aromatic rings. The minimum absolute atomic E-state index is 0.211. The molecular formula is C29H26Cl2N6O2. The number of hydrogen-bond acceptors (Lipinski definition) is 5. The lowest BCUT2D eigenvalue weighted by atomic mass is 9.75. The first kappa shape index (κ1) is 25.4. The van der Waals surface area contributed by atoms with Crippen molar-refractivity contribution in [2.24, 2.45) is 0 Å². The number of carbonyl (C=O) groups is 1. The number of nitrogens with zero attached hydrogens (tertiary/aromatic N) is 5. The van der Waals surface area contributed by atoms with Crippen molar-refractivity contribution in [3.05, 3.63) is 105 Å². The lowest BCUT2D eigenvalue weighted by Gasteiger charge is -2.38. The fraction of sp³-hybridized carbons (Fsp3) is 0.241. The molecule has 39 heavy (non-hydrogen) atoms. The standard InChI is InChI=1S/C29H26Cl2N6O2/c1-17-7-8-26-22-14-29(10-9-25(22)35-36(26)15-17,19-5-4-6-21(11-19)39-3)33-28(38)27-23(30)12-20(13-24(27)31)37-16-32-18(2)34-37/h4-8,11-13,15-16H,9-10,14H2,1-3H3,(H,33,38). The summed E-state index contributed by atoms with van der Waals surface area (Å²) < 4.78 is 9.03. The summed E-state index contributed by atoms with van der Waals surface area (Å²) in [4.78, 5) is 18.1. The second-order valence-electron chi connectivity index (χ2n) is 9.93. The summed E-state index contributed by atoms with van der Waals surface area (Å²) >= 11 is 13.3. The van der Waals surface area contributed by atoms with Crippen LogP contribution in [0.2, 0.25) is 10.0 Å². The highest BCUT2D eigenvalue weighted by Crippen LogP contribution is 2.40. The Morgan fingerprint density at radius 1 is 1.08 bits per heavy atom. The minimum atomic E-state index is -0.735. The van der Waals surface area contributed by atoms with E-state index in [0.29, 0.717) is 36.5 Å². The van der Waals surface area contributed by atoms with E-state index in [1.54, 1.807) is 37.2 Å². The van der Waals surface area contributed by atoms with Crippen LogP contribution in [0.3, 0.4) is 0 Å². The number of hydrogen-bond donors (Lipinski definition) is 1. The van der Waals surface area contributed by atoms with E-state index >= 15 is 0 Å². The van der Waals surface area contributed by atoms with Gasteiger partial charge in [0.15, 0.2) is 0 Å². The zero-order valence-corrected chi connectivity index (χ0v) is 23.2. The number of pyridine rings is 1. The number of nitrogens with one attached hydrogen (secondary N) is 1. The average molecular weight is 561 g/mol. The third kappa shape index (κ3) is 4.53. The predicted molar refractivity (Wildman–Crippen MR) is 150 cm³/mol. The molecule has 1 aliphatic rings. The number of methoxy groups -OCH3 is 1. The van der Waals surface area contributed by atoms with E-state index in [2.05, 4.69) is 27.5 Å². The molecule has 3 heterocycles. The summed E-state index contributed by atoms with van der Waals surface area (Å²) in [6, 6.07) is 15.3. The Morgan fingerprint density at radius 2 is 1.87 bits per heavy atom. The van der Waals surface area contributed by atoms with Crippen molar-refractivity contribution in [1.82, 2.24) is 29.7 Å². The van der Waals surface area contributed by atoms with Crippen LogP contribution in [0.5, 0.6) is 5.75 Å². The summed E-state index contributed by atoms with van der Waals surface area (Å²) in [6.07, 6.45) is 5.50. The lowest BCUT2D eigenvalue weighted by Crippen LogP contribution is -2.49. The first-order valence-electron chi connectivity index (χ1n) is 12.6. The van der Waals surface area contributed by atoms with Gasteiger partial charge >= 0.3 is 0 Å². The zero-order chi connectivity index (χ0) is 27.3. The lowest BCUT2D eigenvalue weighted by molar-refractivity contribution is 0.0885. The third-order valence-corrected chi connectivity index (χ3v) is 7.93. The largest absolute Gasteiger partial charge is 0.497 e. The third-order valence-electron chi connectivity index (χ3n) is 7.33. The highest BCUT2D eigenvalue weighted by Gasteiger charge is 2.40. The Balaban J connectivity index is 1.42. The number of ether oxygens (including phenoxy) is 1. The molecule has 0 saturated carbocycles. The van der Waals surface area contributed by atoms with Crippen LogP contribution in [0.1, 0.15) is 45.0 Å². The molecule has 0 bridgehead atoms. The van der Waals surface area contributed by atoms with Gasteiger partial charge in [0, 0.05) is 18.2 Å². The smallest absolute Gasteiger partial charge is 0.255 e. The molecular weight excluding hydrogens is 535 g/mol. The van der Waals surface area contributed by atoms with Crippen LogP contribution in [0.15, 0.2) is 61.1 Å². The van der Waals surface area contributed by atoms with Crippen LogP contribution in [0.4, 0.5) is 0 Å². The first-order valence-corrected chi connectivity index (χ1v) is 13.3. The molecule has 1 amide bonds. The molecule has 1 atom stereocenters. The maximum absolute atomic E-state index is 13.9. The number of aromatic nitrogens is 5. The van der Waals surface area contributed by atoms with Crippen molar-refractivity contribution in [3.63, 3.8) is 0 Å². The Bertz CT molecular complexity index is 1720. The van der Waals surface area contributed by atoms with Gasteiger partial charge in [-0.05, 0) is 68.1 Å². The van der Waals surface area contributed by atoms with Crippen LogP contribution >= 0.6 is 23.2 Å². The molecule has 3 aromatic heterocycles. The van der Waals surface area contributed by atoms with Gasteiger partial charge in [0.25, 0.3) is 5.91 Å². The summed E-state index contributed by atoms with van der Waals surface area (Å²) in [6.45, 7) is 3.84. The number of halogens is 2. The summed E-state index contributed by atoms with van der Waals surface area (Å²) in [5.74, 6) is 0.972. The quantitative estimate of drug-likeness (QED) is 0.299. The Labute approximate surface area is 235 Å². The van der Waals surface area contributed by atoms with Crippen molar-refractivity contribution in [2.75, 3.05) is 7.11 Å². The highest BCUT2D eigenvalue weighted by atomic mass is 35.5. The summed E-state index contributed by atoms with van der Waals surface area (Å²) in [5.41, 5.74) is 5.34. The number of aryl methyl sites for hydroxylation is 3. The molecule has 1 N–H and O–H groups in total. The number of rotatable bonds is 5. The SMILES string of the molecule is COc1cccc(C2(NC(=O)c3c(Cl)cc(-n4cnc(C)n4)cc3Cl)CCc3nn4cc(C)ccc4c3C2)c1. The van der Waals surface area contributed by atoms with Gasteiger partial charge in [0.1, 0.15) is 17.9 Å². The molecule has 10 heteroatoms. The molecule has 2 aromatic carbocycles. The molecule has 198 valence electrons. The predicted octanol–water partition coefficient (Wildman–Crippen LogP) is 5.66. The number of amides is 1. The van der Waals surface area contributed by atoms with Gasteiger partial charge < -0.3 is 10.1 Å². The van der Waals surface area contributed by atoms with Gasteiger partial charge in [-0.3, -0.25) is 4.79 Å². The van der Waals surface area contributed by atoms with Crippen LogP contribution < -0.4 is 10.1 Å². The first-order chi connectivity index (χ1) is 18.8. The van der Waals surface area contributed by atoms with Crippen molar-refractivity contribution in [1.29, 1.82) is 0 Å². The fourth-order valence-electron chi connectivity index (χ4n) is 5.37. The summed E-state index contributed by atoms with van der Waals surface area (Å²) in [7, 11) is 1.63. The van der Waals surface area contributed by atoms with E-state index in [1.807, 2.05) is 41.9 Å². The molecule has 6 rings (SSSR count). The number of carbonyl (C=O) groups excluding carboxylic acids is 1. The van der Waals surface area contributed by atoms with Crippen LogP contribution in [0, 0.1) is 13.8 Å². The van der Waals surface area contributed by atoms with E-state index in [-0.39, 0.29) is 21.5 Å². The molecule has 0 spiro atoms. The fourth-order valence-corrected chi connectivity index (χ4v) is 6.02. The maximum atomic E-state index is 13.9. The van der Waals surface area contributed by atoms with Gasteiger partial charge in [0.2, 0.25) is 0 Å². The van der Waals surface area contributed by atoms with Crippen LogP contribution in [-0.2, 0) is 18.4 Å². The molecule has 0 fully saturated rings. The van der Waals surface area contributed by atoms with E-state index in [4.69, 9.17) is 33.0 Å². The topological polar surface area (TPSA) is 86.3 Å². The van der Waals surface area contributed by atoms with Crippen molar-refractivity contribution in [3.8, 4) is 11.4 Å². The number of benzene rings is 2. The molecule has 1 aliphatic carbocycles. The van der Waals surface area contributed by atoms with Gasteiger partial charge in [-0.25, -0.2) is 14.2 Å². The van der Waals surface area contributed by atoms with E-state index < -0.39 is 5.54 Å². The van der Waals surface area contributed by atoms with Crippen molar-refractivity contribution >= 4 is 34.6 Å². The molecule has 0 saturated heterocycles. The van der Waals surface area contributed by atoms with Gasteiger partial charge in [-0.15, -0.1) is 0 Å². The van der Waals surface area contributed by atoms with Crippen molar-refractivity contribution in [2.45, 2.75) is 38.6 Å². The monoisotopic (exact) mass is 560 g/mol. The van der Waals surface area contributed by atoms with Crippen molar-refractivity contribution < 1.29 is 9.53 Å². The minimum Gasteiger partial charge on any atom is -0.497 e. The van der Waals surface area contributed by atoms with Crippen LogP contribution in [0.25, 0.3) is 11.2 Å². The molecule has 0 aliphatic heterocycles. The van der Waals surface area contributed by atoms with Gasteiger partial charge in [-0.2, -0.15) is 10.2 Å². The number of fused-ring (bicyclic) bond motifs is 3. The second kappa shape index (κ2) is 9.70. The Morgan fingerprint density at radius 3 is 2.59 bits per heavy atom. The van der Waals surface area contributed by atoms with E-state index in [9.17, 15) is 4.79 Å². The van der Waals surface area contributed by atoms with Crippen LogP contribution in [-0.4, -0.2) is 37.4 Å². The second-order valence-corrected chi connectivity index (χ2v) is 10.7. The molecule has 1 unspecified atom stereocenters. The summed E-state index contributed by atoms with van der Waals surface area (Å²) in [5, 5.41) is 12.9. The Kier molecular flexibility index (Phi) is 6.32. The van der Waals surface area contributed by atoms with Gasteiger partial charge in [-0.1, -0.05) is 41.4 Å². The average Bonchev–Trinajstić information content (AvgIpc) is 3.50. The van der Waals surface area contributed by atoms with E-state index in [0.717, 1.165) is 27.9 Å². The highest BCUT2D eigenvalue weighted by molar-refractivity contribution is 6.40. The Hall–Kier alpha value is -3.88. The molecule has 8 nitrogen and oxygen atoms in total. The van der Waals surface area contributed by atoms with E-state index in [1.165, 1.54) is 0 Å². The zero-order valence-electron chi connectivity index (χ0n) is 21.7.